The first-order chi connectivity index (χ1) is 12.8. The van der Waals surface area contributed by atoms with Crippen molar-refractivity contribution in [2.24, 2.45) is 5.92 Å². The van der Waals surface area contributed by atoms with Crippen LogP contribution in [0.3, 0.4) is 0 Å². The van der Waals surface area contributed by atoms with Crippen molar-refractivity contribution < 1.29 is 4.79 Å². The third-order valence-electron chi connectivity index (χ3n) is 4.82. The lowest BCUT2D eigenvalue weighted by atomic mass is 10.0. The van der Waals surface area contributed by atoms with Gasteiger partial charge in [-0.05, 0) is 31.0 Å². The van der Waals surface area contributed by atoms with Crippen LogP contribution in [0.2, 0.25) is 0 Å². The van der Waals surface area contributed by atoms with Gasteiger partial charge in [-0.15, -0.1) is 15.3 Å². The van der Waals surface area contributed by atoms with Gasteiger partial charge < -0.3 is 10.2 Å². The number of hydrogen-bond acceptors (Lipinski definition) is 7. The summed E-state index contributed by atoms with van der Waals surface area (Å²) in [7, 11) is 0. The average molecular weight is 350 g/mol. The molecule has 26 heavy (non-hydrogen) atoms. The van der Waals surface area contributed by atoms with Crippen LogP contribution in [0.1, 0.15) is 35.2 Å². The maximum absolute atomic E-state index is 12.0. The summed E-state index contributed by atoms with van der Waals surface area (Å²) in [5, 5.41) is 16.1. The Balaban J connectivity index is 1.20. The first kappa shape index (κ1) is 15.2. The molecule has 2 aliphatic rings. The Morgan fingerprint density at radius 3 is 2.73 bits per heavy atom. The number of nitrogens with one attached hydrogen (secondary N) is 1. The van der Waals surface area contributed by atoms with Gasteiger partial charge in [-0.3, -0.25) is 4.79 Å². The van der Waals surface area contributed by atoms with Gasteiger partial charge >= 0.3 is 0 Å². The van der Waals surface area contributed by atoms with Crippen molar-refractivity contribution in [2.45, 2.75) is 18.8 Å². The number of aromatic nitrogens is 6. The van der Waals surface area contributed by atoms with Crippen molar-refractivity contribution in [3.05, 3.63) is 42.2 Å². The normalized spacial score (nSPS) is 17.3. The summed E-state index contributed by atoms with van der Waals surface area (Å²) >= 11 is 0. The second-order valence-corrected chi connectivity index (χ2v) is 6.85. The molecule has 4 heterocycles. The van der Waals surface area contributed by atoms with E-state index in [9.17, 15) is 4.79 Å². The number of hydrogen-bond donors (Lipinski definition) is 1. The molecule has 0 unspecified atom stereocenters. The first-order valence-electron chi connectivity index (χ1n) is 8.80. The zero-order valence-corrected chi connectivity index (χ0v) is 14.1. The predicted molar refractivity (Wildman–Crippen MR) is 92.8 cm³/mol. The number of carbonyl (C=O) groups excluding carboxylic acids is 1. The molecule has 1 aliphatic carbocycles. The smallest absolute Gasteiger partial charge is 0.289 e. The SMILES string of the molecule is O=C(NCC1CN(c2ccc3nnc(C4CC4)n3n2)C1)c1ncccn1. The Kier molecular flexibility index (Phi) is 3.51. The van der Waals surface area contributed by atoms with E-state index in [1.807, 2.05) is 16.6 Å². The van der Waals surface area contributed by atoms with Gasteiger partial charge in [-0.1, -0.05) is 0 Å². The molecule has 132 valence electrons. The molecular formula is C17H18N8O. The van der Waals surface area contributed by atoms with E-state index >= 15 is 0 Å². The molecular weight excluding hydrogens is 332 g/mol. The maximum atomic E-state index is 12.0. The number of amides is 1. The molecule has 1 saturated heterocycles. The lowest BCUT2D eigenvalue weighted by Gasteiger charge is -2.40. The summed E-state index contributed by atoms with van der Waals surface area (Å²) in [6, 6.07) is 5.63. The fraction of sp³-hybridized carbons (Fsp3) is 0.412. The van der Waals surface area contributed by atoms with Gasteiger partial charge in [0.2, 0.25) is 5.82 Å². The van der Waals surface area contributed by atoms with Crippen molar-refractivity contribution in [3.63, 3.8) is 0 Å². The van der Waals surface area contributed by atoms with E-state index in [4.69, 9.17) is 5.10 Å². The molecule has 0 radical (unpaired) electrons. The van der Waals surface area contributed by atoms with Gasteiger partial charge in [0, 0.05) is 43.9 Å². The van der Waals surface area contributed by atoms with Crippen LogP contribution in [-0.4, -0.2) is 55.3 Å². The Hall–Kier alpha value is -3.10. The minimum atomic E-state index is -0.234. The van der Waals surface area contributed by atoms with E-state index in [2.05, 4.69) is 30.4 Å². The van der Waals surface area contributed by atoms with Crippen LogP contribution in [0, 0.1) is 5.92 Å². The van der Waals surface area contributed by atoms with Crippen molar-refractivity contribution in [3.8, 4) is 0 Å². The monoisotopic (exact) mass is 350 g/mol. The molecule has 3 aromatic rings. The standard InChI is InChI=1S/C17H18N8O/c26-17(15-18-6-1-7-19-15)20-8-11-9-24(10-11)14-5-4-13-21-22-16(12-2-3-12)25(13)23-14/h1,4-7,11-12H,2-3,8-10H2,(H,20,26). The highest BCUT2D eigenvalue weighted by atomic mass is 16.2. The number of carbonyl (C=O) groups is 1. The Labute approximate surface area is 149 Å². The van der Waals surface area contributed by atoms with E-state index < -0.39 is 0 Å². The quantitative estimate of drug-likeness (QED) is 0.721. The summed E-state index contributed by atoms with van der Waals surface area (Å²) in [6.45, 7) is 2.32. The van der Waals surface area contributed by atoms with Crippen LogP contribution in [-0.2, 0) is 0 Å². The van der Waals surface area contributed by atoms with Crippen molar-refractivity contribution in [2.75, 3.05) is 24.5 Å². The highest BCUT2D eigenvalue weighted by molar-refractivity contribution is 5.90. The molecule has 1 amide bonds. The highest BCUT2D eigenvalue weighted by Crippen LogP contribution is 2.38. The molecule has 0 aromatic carbocycles. The Morgan fingerprint density at radius 1 is 1.15 bits per heavy atom. The zero-order chi connectivity index (χ0) is 17.5. The molecule has 9 nitrogen and oxygen atoms in total. The second-order valence-electron chi connectivity index (χ2n) is 6.85. The topological polar surface area (TPSA) is 101 Å². The van der Waals surface area contributed by atoms with Gasteiger partial charge in [0.1, 0.15) is 5.82 Å². The summed E-state index contributed by atoms with van der Waals surface area (Å²) in [5.74, 6) is 2.76. The number of anilines is 1. The fourth-order valence-electron chi connectivity index (χ4n) is 3.18. The number of fused-ring (bicyclic) bond motifs is 1. The van der Waals surface area contributed by atoms with Crippen LogP contribution in [0.5, 0.6) is 0 Å². The predicted octanol–water partition coefficient (Wildman–Crippen LogP) is 0.658. The van der Waals surface area contributed by atoms with E-state index in [0.717, 1.165) is 30.4 Å². The van der Waals surface area contributed by atoms with E-state index in [0.29, 0.717) is 18.4 Å². The van der Waals surface area contributed by atoms with Crippen molar-refractivity contribution in [1.82, 2.24) is 35.1 Å². The molecule has 0 atom stereocenters. The molecule has 1 aliphatic heterocycles. The van der Waals surface area contributed by atoms with Gasteiger partial charge in [-0.2, -0.15) is 4.52 Å². The molecule has 3 aromatic heterocycles. The van der Waals surface area contributed by atoms with E-state index in [-0.39, 0.29) is 11.7 Å². The minimum absolute atomic E-state index is 0.205. The lowest BCUT2D eigenvalue weighted by molar-refractivity contribution is 0.0934. The van der Waals surface area contributed by atoms with Crippen LogP contribution < -0.4 is 10.2 Å². The summed E-state index contributed by atoms with van der Waals surface area (Å²) in [4.78, 5) is 22.1. The van der Waals surface area contributed by atoms with E-state index in [1.54, 1.807) is 18.5 Å². The third kappa shape index (κ3) is 2.75. The molecule has 0 spiro atoms. The Morgan fingerprint density at radius 2 is 1.96 bits per heavy atom. The average Bonchev–Trinajstić information content (AvgIpc) is 3.40. The van der Waals surface area contributed by atoms with Crippen LogP contribution in [0.15, 0.2) is 30.6 Å². The van der Waals surface area contributed by atoms with Crippen LogP contribution in [0.4, 0.5) is 5.82 Å². The fourth-order valence-corrected chi connectivity index (χ4v) is 3.18. The second kappa shape index (κ2) is 6.01. The van der Waals surface area contributed by atoms with Gasteiger partial charge in [0.15, 0.2) is 11.5 Å². The third-order valence-corrected chi connectivity index (χ3v) is 4.82. The summed E-state index contributed by atoms with van der Waals surface area (Å²) in [6.07, 6.45) is 5.47. The van der Waals surface area contributed by atoms with E-state index in [1.165, 1.54) is 12.8 Å². The lowest BCUT2D eigenvalue weighted by Crippen LogP contribution is -2.52. The number of nitrogens with zero attached hydrogens (tertiary/aromatic N) is 7. The molecule has 2 fully saturated rings. The summed E-state index contributed by atoms with van der Waals surface area (Å²) in [5.41, 5.74) is 0.794. The molecule has 9 heteroatoms. The minimum Gasteiger partial charge on any atom is -0.354 e. The number of rotatable bonds is 5. The first-order valence-corrected chi connectivity index (χ1v) is 8.80. The van der Waals surface area contributed by atoms with Gasteiger partial charge in [0.25, 0.3) is 5.91 Å². The van der Waals surface area contributed by atoms with Crippen LogP contribution >= 0.6 is 0 Å². The van der Waals surface area contributed by atoms with Gasteiger partial charge in [-0.25, -0.2) is 9.97 Å². The highest BCUT2D eigenvalue weighted by Gasteiger charge is 2.31. The molecule has 0 bridgehead atoms. The van der Waals surface area contributed by atoms with Crippen molar-refractivity contribution in [1.29, 1.82) is 0 Å². The van der Waals surface area contributed by atoms with Gasteiger partial charge in [0.05, 0.1) is 0 Å². The molecule has 5 rings (SSSR count). The Bertz CT molecular complexity index is 946. The molecule has 1 N–H and O–H groups in total. The largest absolute Gasteiger partial charge is 0.354 e. The van der Waals surface area contributed by atoms with Crippen LogP contribution in [0.25, 0.3) is 5.65 Å². The summed E-state index contributed by atoms with van der Waals surface area (Å²) < 4.78 is 1.87. The molecule has 1 saturated carbocycles. The zero-order valence-electron chi connectivity index (χ0n) is 14.1. The van der Waals surface area contributed by atoms with Crippen molar-refractivity contribution >= 4 is 17.4 Å². The maximum Gasteiger partial charge on any atom is 0.289 e.